The summed E-state index contributed by atoms with van der Waals surface area (Å²) in [6.07, 6.45) is 6.94. The molecule has 2 fully saturated rings. The van der Waals surface area contributed by atoms with E-state index in [0.29, 0.717) is 30.3 Å². The van der Waals surface area contributed by atoms with Crippen molar-refractivity contribution in [2.24, 2.45) is 5.92 Å². The van der Waals surface area contributed by atoms with Gasteiger partial charge in [0.1, 0.15) is 0 Å². The molecule has 6 heteroatoms. The maximum Gasteiger partial charge on any atom is 0.243 e. The first-order valence-corrected chi connectivity index (χ1v) is 13.4. The standard InChI is InChI=1S/C26H34N2O3S/c1-2-6-21-13-17-27(18-14-21)24-15-19-28(20-16-24)32(30,31)25-11-9-23(10-12-25)26(29)22-7-4-3-5-8-22/h3-5,7-12,21,24H,2,6,13-20H2,1H3. The molecule has 2 saturated heterocycles. The lowest BCUT2D eigenvalue weighted by molar-refractivity contribution is 0.0948. The van der Waals surface area contributed by atoms with Gasteiger partial charge in [-0.3, -0.25) is 4.79 Å². The Kier molecular flexibility index (Phi) is 7.44. The summed E-state index contributed by atoms with van der Waals surface area (Å²) in [4.78, 5) is 15.4. The molecular formula is C26H34N2O3S. The summed E-state index contributed by atoms with van der Waals surface area (Å²) in [5, 5.41) is 0. The molecule has 0 aliphatic carbocycles. The van der Waals surface area contributed by atoms with Crippen molar-refractivity contribution in [2.45, 2.75) is 56.4 Å². The van der Waals surface area contributed by atoms with Gasteiger partial charge in [-0.15, -0.1) is 0 Å². The minimum Gasteiger partial charge on any atom is -0.300 e. The number of sulfonamides is 1. The maximum atomic E-state index is 13.2. The van der Waals surface area contributed by atoms with Crippen LogP contribution in [0.1, 0.15) is 61.4 Å². The zero-order valence-corrected chi connectivity index (χ0v) is 19.8. The fourth-order valence-corrected chi connectivity index (χ4v) is 6.62. The number of nitrogens with zero attached hydrogens (tertiary/aromatic N) is 2. The molecule has 32 heavy (non-hydrogen) atoms. The predicted octanol–water partition coefficient (Wildman–Crippen LogP) is 4.58. The van der Waals surface area contributed by atoms with Crippen LogP contribution in [0.15, 0.2) is 59.5 Å². The first-order chi connectivity index (χ1) is 15.5. The van der Waals surface area contributed by atoms with Crippen molar-refractivity contribution >= 4 is 15.8 Å². The largest absolute Gasteiger partial charge is 0.300 e. The summed E-state index contributed by atoms with van der Waals surface area (Å²) < 4.78 is 27.9. The van der Waals surface area contributed by atoms with Gasteiger partial charge in [0, 0.05) is 30.3 Å². The fourth-order valence-electron chi connectivity index (χ4n) is 5.15. The second-order valence-corrected chi connectivity index (χ2v) is 11.1. The van der Waals surface area contributed by atoms with E-state index < -0.39 is 10.0 Å². The highest BCUT2D eigenvalue weighted by atomic mass is 32.2. The number of rotatable bonds is 7. The number of carbonyl (C=O) groups is 1. The van der Waals surface area contributed by atoms with E-state index >= 15 is 0 Å². The van der Waals surface area contributed by atoms with Crippen molar-refractivity contribution in [3.05, 3.63) is 65.7 Å². The van der Waals surface area contributed by atoms with Gasteiger partial charge in [0.05, 0.1) is 4.90 Å². The highest BCUT2D eigenvalue weighted by Crippen LogP contribution is 2.28. The first kappa shape index (κ1) is 23.1. The quantitative estimate of drug-likeness (QED) is 0.575. The van der Waals surface area contributed by atoms with Gasteiger partial charge in [0.15, 0.2) is 5.78 Å². The van der Waals surface area contributed by atoms with Gasteiger partial charge in [-0.1, -0.05) is 50.1 Å². The Balaban J connectivity index is 1.35. The number of benzene rings is 2. The van der Waals surface area contributed by atoms with Crippen LogP contribution >= 0.6 is 0 Å². The molecule has 0 atom stereocenters. The lowest BCUT2D eigenvalue weighted by Crippen LogP contribution is -2.48. The van der Waals surface area contributed by atoms with Gasteiger partial charge in [-0.25, -0.2) is 8.42 Å². The first-order valence-electron chi connectivity index (χ1n) is 11.9. The minimum absolute atomic E-state index is 0.0990. The van der Waals surface area contributed by atoms with E-state index in [-0.39, 0.29) is 10.7 Å². The topological polar surface area (TPSA) is 57.7 Å². The smallest absolute Gasteiger partial charge is 0.243 e. The van der Waals surface area contributed by atoms with Crippen molar-refractivity contribution in [3.63, 3.8) is 0 Å². The van der Waals surface area contributed by atoms with Crippen LogP contribution in [0.5, 0.6) is 0 Å². The van der Waals surface area contributed by atoms with E-state index in [4.69, 9.17) is 0 Å². The third-order valence-electron chi connectivity index (χ3n) is 7.08. The zero-order chi connectivity index (χ0) is 22.6. The summed E-state index contributed by atoms with van der Waals surface area (Å²) in [7, 11) is -3.54. The van der Waals surface area contributed by atoms with Crippen LogP contribution < -0.4 is 0 Å². The van der Waals surface area contributed by atoms with Gasteiger partial charge < -0.3 is 4.90 Å². The Bertz CT molecular complexity index is 989. The Morgan fingerprint density at radius 2 is 1.44 bits per heavy atom. The van der Waals surface area contributed by atoms with Crippen LogP contribution in [0.3, 0.4) is 0 Å². The molecule has 0 amide bonds. The molecule has 0 saturated carbocycles. The van der Waals surface area contributed by atoms with Gasteiger partial charge >= 0.3 is 0 Å². The molecule has 2 aromatic carbocycles. The Hall–Kier alpha value is -2.02. The van der Waals surface area contributed by atoms with E-state index in [0.717, 1.165) is 31.8 Å². The molecule has 0 aromatic heterocycles. The van der Waals surface area contributed by atoms with Crippen LogP contribution in [-0.4, -0.2) is 55.6 Å². The van der Waals surface area contributed by atoms with Gasteiger partial charge in [0.25, 0.3) is 0 Å². The van der Waals surface area contributed by atoms with Crippen LogP contribution in [0, 0.1) is 5.92 Å². The van der Waals surface area contributed by atoms with Crippen LogP contribution in [0.2, 0.25) is 0 Å². The summed E-state index contributed by atoms with van der Waals surface area (Å²) in [5.41, 5.74) is 1.10. The average molecular weight is 455 g/mol. The molecule has 2 aliphatic heterocycles. The van der Waals surface area contributed by atoms with E-state index in [1.54, 1.807) is 40.7 Å². The van der Waals surface area contributed by atoms with Crippen LogP contribution in [-0.2, 0) is 10.0 Å². The zero-order valence-electron chi connectivity index (χ0n) is 18.9. The molecule has 5 nitrogen and oxygen atoms in total. The SMILES string of the molecule is CCCC1CCN(C2CCN(S(=O)(=O)c3ccc(C(=O)c4ccccc4)cc3)CC2)CC1. The second kappa shape index (κ2) is 10.3. The molecular weight excluding hydrogens is 420 g/mol. The highest BCUT2D eigenvalue weighted by molar-refractivity contribution is 7.89. The molecule has 0 spiro atoms. The summed E-state index contributed by atoms with van der Waals surface area (Å²) in [6, 6.07) is 15.9. The number of piperidine rings is 2. The fraction of sp³-hybridized carbons (Fsp3) is 0.500. The number of ketones is 1. The molecule has 0 bridgehead atoms. The second-order valence-electron chi connectivity index (χ2n) is 9.12. The third kappa shape index (κ3) is 5.13. The molecule has 0 unspecified atom stereocenters. The van der Waals surface area contributed by atoms with E-state index in [9.17, 15) is 13.2 Å². The molecule has 0 N–H and O–H groups in total. The average Bonchev–Trinajstić information content (AvgIpc) is 2.85. The lowest BCUT2D eigenvalue weighted by Gasteiger charge is -2.41. The normalized spacial score (nSPS) is 19.8. The van der Waals surface area contributed by atoms with Gasteiger partial charge in [-0.05, 0) is 69.0 Å². The monoisotopic (exact) mass is 454 g/mol. The number of hydrogen-bond acceptors (Lipinski definition) is 4. The predicted molar refractivity (Wildman–Crippen MR) is 127 cm³/mol. The minimum atomic E-state index is -3.54. The summed E-state index contributed by atoms with van der Waals surface area (Å²) in [6.45, 7) is 5.69. The molecule has 2 heterocycles. The molecule has 2 aromatic rings. The molecule has 172 valence electrons. The van der Waals surface area contributed by atoms with Crippen LogP contribution in [0.4, 0.5) is 0 Å². The number of hydrogen-bond donors (Lipinski definition) is 0. The molecule has 4 rings (SSSR count). The highest BCUT2D eigenvalue weighted by Gasteiger charge is 2.33. The van der Waals surface area contributed by atoms with E-state index in [2.05, 4.69) is 11.8 Å². The maximum absolute atomic E-state index is 13.2. The van der Waals surface area contributed by atoms with Crippen molar-refractivity contribution in [2.75, 3.05) is 26.2 Å². The van der Waals surface area contributed by atoms with Gasteiger partial charge in [0.2, 0.25) is 10.0 Å². The van der Waals surface area contributed by atoms with Crippen molar-refractivity contribution in [1.82, 2.24) is 9.21 Å². The van der Waals surface area contributed by atoms with Crippen molar-refractivity contribution in [1.29, 1.82) is 0 Å². The number of carbonyl (C=O) groups excluding carboxylic acids is 1. The Morgan fingerprint density at radius 3 is 2.03 bits per heavy atom. The van der Waals surface area contributed by atoms with E-state index in [1.807, 2.05) is 18.2 Å². The Morgan fingerprint density at radius 1 is 0.844 bits per heavy atom. The van der Waals surface area contributed by atoms with Crippen molar-refractivity contribution in [3.8, 4) is 0 Å². The van der Waals surface area contributed by atoms with Crippen LogP contribution in [0.25, 0.3) is 0 Å². The van der Waals surface area contributed by atoms with Gasteiger partial charge in [-0.2, -0.15) is 4.31 Å². The number of likely N-dealkylation sites (tertiary alicyclic amines) is 1. The van der Waals surface area contributed by atoms with Crippen molar-refractivity contribution < 1.29 is 13.2 Å². The van der Waals surface area contributed by atoms with E-state index in [1.165, 1.54) is 25.7 Å². The Labute approximate surface area is 192 Å². The molecule has 0 radical (unpaired) electrons. The summed E-state index contributed by atoms with van der Waals surface area (Å²) >= 11 is 0. The lowest BCUT2D eigenvalue weighted by atomic mass is 9.90. The molecule has 2 aliphatic rings. The summed E-state index contributed by atoms with van der Waals surface area (Å²) in [5.74, 6) is 0.770. The third-order valence-corrected chi connectivity index (χ3v) is 8.99.